The number of hydrogen-bond acceptors (Lipinski definition) is 2. The van der Waals surface area contributed by atoms with Crippen LogP contribution in [0.1, 0.15) is 65.7 Å². The molecule has 21 heavy (non-hydrogen) atoms. The Balaban J connectivity index is 1.76. The normalized spacial score (nSPS) is 28.1. The fourth-order valence-electron chi connectivity index (χ4n) is 3.72. The van der Waals surface area contributed by atoms with E-state index in [1.54, 1.807) is 0 Å². The topological polar surface area (TPSA) is 50.4 Å². The van der Waals surface area contributed by atoms with Gasteiger partial charge in [-0.3, -0.25) is 0 Å². The van der Waals surface area contributed by atoms with Gasteiger partial charge in [0.2, 0.25) is 0 Å². The highest BCUT2D eigenvalue weighted by Crippen LogP contribution is 2.33. The van der Waals surface area contributed by atoms with Crippen LogP contribution in [-0.2, 0) is 4.74 Å². The smallest absolute Gasteiger partial charge is 0.315 e. The van der Waals surface area contributed by atoms with E-state index in [1.165, 1.54) is 19.3 Å². The van der Waals surface area contributed by atoms with Gasteiger partial charge in [-0.2, -0.15) is 0 Å². The zero-order valence-electron chi connectivity index (χ0n) is 13.9. The van der Waals surface area contributed by atoms with Gasteiger partial charge in [-0.1, -0.05) is 40.0 Å². The van der Waals surface area contributed by atoms with Crippen LogP contribution in [0.4, 0.5) is 4.79 Å². The van der Waals surface area contributed by atoms with Gasteiger partial charge in [0.05, 0.1) is 6.10 Å². The van der Waals surface area contributed by atoms with E-state index in [1.807, 2.05) is 0 Å². The van der Waals surface area contributed by atoms with Crippen molar-refractivity contribution in [1.82, 2.24) is 10.6 Å². The molecule has 0 radical (unpaired) electrons. The molecule has 1 saturated carbocycles. The monoisotopic (exact) mass is 296 g/mol. The molecule has 2 N–H and O–H groups in total. The van der Waals surface area contributed by atoms with Crippen molar-refractivity contribution in [3.8, 4) is 0 Å². The molecule has 1 heterocycles. The summed E-state index contributed by atoms with van der Waals surface area (Å²) in [5, 5.41) is 6.19. The third-order valence-corrected chi connectivity index (χ3v) is 4.76. The first kappa shape index (κ1) is 16.6. The lowest BCUT2D eigenvalue weighted by atomic mass is 9.78. The minimum Gasteiger partial charge on any atom is -0.377 e. The molecule has 0 spiro atoms. The molecule has 0 aromatic heterocycles. The fourth-order valence-corrected chi connectivity index (χ4v) is 3.72. The number of ether oxygens (including phenoxy) is 1. The molecule has 2 atom stereocenters. The van der Waals surface area contributed by atoms with E-state index in [0.29, 0.717) is 12.0 Å². The molecule has 2 aliphatic rings. The molecular weight excluding hydrogens is 264 g/mol. The van der Waals surface area contributed by atoms with Gasteiger partial charge in [0.1, 0.15) is 0 Å². The molecule has 1 aliphatic heterocycles. The number of hydrogen-bond donors (Lipinski definition) is 2. The Hall–Kier alpha value is -0.770. The summed E-state index contributed by atoms with van der Waals surface area (Å²) in [7, 11) is 0. The van der Waals surface area contributed by atoms with Gasteiger partial charge in [-0.05, 0) is 31.1 Å². The molecular formula is C17H32N2O2. The van der Waals surface area contributed by atoms with Crippen molar-refractivity contribution in [2.24, 2.45) is 11.3 Å². The summed E-state index contributed by atoms with van der Waals surface area (Å²) >= 11 is 0. The van der Waals surface area contributed by atoms with Crippen LogP contribution in [0.15, 0.2) is 0 Å². The molecule has 0 aromatic carbocycles. The van der Waals surface area contributed by atoms with Gasteiger partial charge in [0, 0.05) is 25.1 Å². The summed E-state index contributed by atoms with van der Waals surface area (Å²) in [5.74, 6) is 0.427. The van der Waals surface area contributed by atoms with Gasteiger partial charge < -0.3 is 15.4 Å². The lowest BCUT2D eigenvalue weighted by Gasteiger charge is -2.40. The van der Waals surface area contributed by atoms with Crippen molar-refractivity contribution in [3.63, 3.8) is 0 Å². The molecule has 2 amide bonds. The number of nitrogens with one attached hydrogen (secondary N) is 2. The van der Waals surface area contributed by atoms with Crippen LogP contribution in [-0.4, -0.2) is 31.3 Å². The highest BCUT2D eigenvalue weighted by atomic mass is 16.5. The predicted octanol–water partition coefficient (Wildman–Crippen LogP) is 3.46. The molecule has 1 aliphatic carbocycles. The van der Waals surface area contributed by atoms with Crippen molar-refractivity contribution in [2.45, 2.75) is 77.9 Å². The zero-order chi connectivity index (χ0) is 15.3. The van der Waals surface area contributed by atoms with Gasteiger partial charge in [0.15, 0.2) is 0 Å². The summed E-state index contributed by atoms with van der Waals surface area (Å²) < 4.78 is 5.97. The van der Waals surface area contributed by atoms with Crippen LogP contribution < -0.4 is 10.6 Å². The fraction of sp³-hybridized carbons (Fsp3) is 0.941. The van der Waals surface area contributed by atoms with Crippen molar-refractivity contribution < 1.29 is 9.53 Å². The van der Waals surface area contributed by atoms with Crippen LogP contribution >= 0.6 is 0 Å². The van der Waals surface area contributed by atoms with E-state index in [9.17, 15) is 4.79 Å². The Morgan fingerprint density at radius 1 is 1.10 bits per heavy atom. The van der Waals surface area contributed by atoms with Crippen molar-refractivity contribution >= 4 is 6.03 Å². The van der Waals surface area contributed by atoms with Crippen LogP contribution in [0.5, 0.6) is 0 Å². The van der Waals surface area contributed by atoms with Crippen LogP contribution in [0.2, 0.25) is 0 Å². The van der Waals surface area contributed by atoms with Crippen molar-refractivity contribution in [1.29, 1.82) is 0 Å². The van der Waals surface area contributed by atoms with Gasteiger partial charge in [0.25, 0.3) is 0 Å². The van der Waals surface area contributed by atoms with E-state index in [-0.39, 0.29) is 17.6 Å². The molecule has 0 bridgehead atoms. The van der Waals surface area contributed by atoms with E-state index >= 15 is 0 Å². The second kappa shape index (κ2) is 7.48. The maximum absolute atomic E-state index is 12.0. The predicted molar refractivity (Wildman–Crippen MR) is 85.3 cm³/mol. The number of urea groups is 1. The van der Waals surface area contributed by atoms with Crippen LogP contribution in [0.25, 0.3) is 0 Å². The molecule has 1 saturated heterocycles. The maximum Gasteiger partial charge on any atom is 0.315 e. The maximum atomic E-state index is 12.0. The number of carbonyl (C=O) groups excluding carboxylic acids is 1. The Labute approximate surface area is 129 Å². The van der Waals surface area contributed by atoms with Gasteiger partial charge >= 0.3 is 6.03 Å². The zero-order valence-corrected chi connectivity index (χ0v) is 13.9. The molecule has 122 valence electrons. The highest BCUT2D eigenvalue weighted by Gasteiger charge is 2.35. The van der Waals surface area contributed by atoms with E-state index in [4.69, 9.17) is 4.74 Å². The molecule has 2 rings (SSSR count). The first-order valence-electron chi connectivity index (χ1n) is 8.63. The van der Waals surface area contributed by atoms with E-state index in [0.717, 1.165) is 38.8 Å². The third-order valence-electron chi connectivity index (χ3n) is 4.76. The van der Waals surface area contributed by atoms with Crippen molar-refractivity contribution in [2.75, 3.05) is 13.2 Å². The quantitative estimate of drug-likeness (QED) is 0.838. The van der Waals surface area contributed by atoms with Crippen molar-refractivity contribution in [3.05, 3.63) is 0 Å². The molecule has 0 unspecified atom stereocenters. The summed E-state index contributed by atoms with van der Waals surface area (Å²) in [5.41, 5.74) is 0.132. The van der Waals surface area contributed by atoms with Gasteiger partial charge in [-0.25, -0.2) is 4.79 Å². The highest BCUT2D eigenvalue weighted by molar-refractivity contribution is 5.74. The Morgan fingerprint density at radius 3 is 2.48 bits per heavy atom. The SMILES string of the molecule is CC(C)(C)[C@@H]1OCCC[C@@H]1CNC(=O)NC1CCCCC1. The first-order valence-corrected chi connectivity index (χ1v) is 8.63. The average molecular weight is 296 g/mol. The Morgan fingerprint density at radius 2 is 1.81 bits per heavy atom. The third kappa shape index (κ3) is 5.17. The lowest BCUT2D eigenvalue weighted by molar-refractivity contribution is -0.0838. The number of carbonyl (C=O) groups is 1. The Kier molecular flexibility index (Phi) is 5.91. The number of amides is 2. The number of rotatable bonds is 3. The summed E-state index contributed by atoms with van der Waals surface area (Å²) in [4.78, 5) is 12.0. The summed E-state index contributed by atoms with van der Waals surface area (Å²) in [6.07, 6.45) is 8.54. The largest absolute Gasteiger partial charge is 0.377 e. The summed E-state index contributed by atoms with van der Waals surface area (Å²) in [6.45, 7) is 8.24. The first-order chi connectivity index (χ1) is 9.97. The van der Waals surface area contributed by atoms with E-state index < -0.39 is 0 Å². The molecule has 0 aromatic rings. The second-order valence-corrected chi connectivity index (χ2v) is 7.75. The molecule has 4 heteroatoms. The van der Waals surface area contributed by atoms with Gasteiger partial charge in [-0.15, -0.1) is 0 Å². The van der Waals surface area contributed by atoms with E-state index in [2.05, 4.69) is 31.4 Å². The standard InChI is InChI=1S/C17H32N2O2/c1-17(2,3)15-13(8-7-11-21-15)12-18-16(20)19-14-9-5-4-6-10-14/h13-15H,4-12H2,1-3H3,(H2,18,19,20)/t13-,15-/m1/s1. The lowest BCUT2D eigenvalue weighted by Crippen LogP contribution is -2.48. The Bertz CT molecular complexity index is 332. The van der Waals surface area contributed by atoms with Crippen LogP contribution in [0.3, 0.4) is 0 Å². The average Bonchev–Trinajstić information content (AvgIpc) is 2.45. The molecule has 2 fully saturated rings. The second-order valence-electron chi connectivity index (χ2n) is 7.75. The minimum atomic E-state index is 0.000123. The summed E-state index contributed by atoms with van der Waals surface area (Å²) in [6, 6.07) is 0.375. The molecule has 4 nitrogen and oxygen atoms in total. The minimum absolute atomic E-state index is 0.000123. The van der Waals surface area contributed by atoms with Crippen LogP contribution in [0, 0.1) is 11.3 Å².